The number of rotatable bonds is 3. The molecule has 0 atom stereocenters. The third kappa shape index (κ3) is 2.45. The highest BCUT2D eigenvalue weighted by atomic mass is 79.9. The smallest absolute Gasteiger partial charge is 0.271 e. The summed E-state index contributed by atoms with van der Waals surface area (Å²) in [7, 11) is 0. The van der Waals surface area contributed by atoms with Crippen LogP contribution in [0.1, 0.15) is 10.4 Å². The van der Waals surface area contributed by atoms with Crippen LogP contribution in [0.2, 0.25) is 5.02 Å². The number of nitro benzene ring substituents is 1. The summed E-state index contributed by atoms with van der Waals surface area (Å²) in [5, 5.41) is 10.6. The van der Waals surface area contributed by atoms with Gasteiger partial charge in [0.25, 0.3) is 5.69 Å². The first kappa shape index (κ1) is 11.9. The largest absolute Gasteiger partial charge is 0.397 e. The molecule has 2 N–H and O–H groups in total. The Labute approximate surface area is 98.5 Å². The number of hydrogen-bond donors (Lipinski definition) is 1. The van der Waals surface area contributed by atoms with Gasteiger partial charge in [-0.1, -0.05) is 27.5 Å². The van der Waals surface area contributed by atoms with E-state index in [0.29, 0.717) is 0 Å². The lowest BCUT2D eigenvalue weighted by atomic mass is 10.1. The van der Waals surface area contributed by atoms with Crippen LogP contribution in [-0.2, 0) is 0 Å². The van der Waals surface area contributed by atoms with Crippen LogP contribution in [0.3, 0.4) is 0 Å². The summed E-state index contributed by atoms with van der Waals surface area (Å²) in [6.07, 6.45) is 0. The highest BCUT2D eigenvalue weighted by Gasteiger charge is 2.17. The Morgan fingerprint density at radius 3 is 2.67 bits per heavy atom. The van der Waals surface area contributed by atoms with Gasteiger partial charge in [0.15, 0.2) is 5.78 Å². The van der Waals surface area contributed by atoms with Crippen LogP contribution in [0.15, 0.2) is 12.1 Å². The van der Waals surface area contributed by atoms with E-state index in [1.54, 1.807) is 0 Å². The number of halogens is 2. The van der Waals surface area contributed by atoms with Gasteiger partial charge in [-0.3, -0.25) is 14.9 Å². The first-order chi connectivity index (χ1) is 6.97. The second-order valence-corrected chi connectivity index (χ2v) is 3.67. The maximum Gasteiger partial charge on any atom is 0.271 e. The first-order valence-corrected chi connectivity index (χ1v) is 5.30. The average Bonchev–Trinajstić information content (AvgIpc) is 2.20. The molecule has 0 saturated heterocycles. The van der Waals surface area contributed by atoms with E-state index in [-0.39, 0.29) is 33.1 Å². The molecule has 0 aliphatic rings. The number of nitrogen functional groups attached to an aromatic ring is 1. The number of ketones is 1. The van der Waals surface area contributed by atoms with Crippen molar-refractivity contribution in [1.29, 1.82) is 0 Å². The molecule has 0 amide bonds. The fraction of sp³-hybridized carbons (Fsp3) is 0.125. The Morgan fingerprint density at radius 2 is 2.20 bits per heavy atom. The van der Waals surface area contributed by atoms with Crippen molar-refractivity contribution in [3.8, 4) is 0 Å². The fourth-order valence-corrected chi connectivity index (χ4v) is 1.53. The Hall–Kier alpha value is -1.14. The molecule has 0 heterocycles. The zero-order valence-corrected chi connectivity index (χ0v) is 9.71. The minimum absolute atomic E-state index is 0.00787. The predicted octanol–water partition coefficient (Wildman–Crippen LogP) is 2.41. The van der Waals surface area contributed by atoms with Gasteiger partial charge in [0.1, 0.15) is 0 Å². The van der Waals surface area contributed by atoms with Crippen LogP contribution in [-0.4, -0.2) is 16.0 Å². The standard InChI is InChI=1S/C8H6BrClN2O3/c9-3-7(13)5-1-4(12(14)15)2-6(10)8(5)11/h1-2H,3,11H2. The monoisotopic (exact) mass is 292 g/mol. The van der Waals surface area contributed by atoms with Gasteiger partial charge in [-0.25, -0.2) is 0 Å². The first-order valence-electron chi connectivity index (χ1n) is 3.80. The maximum atomic E-state index is 11.4. The van der Waals surface area contributed by atoms with Crippen molar-refractivity contribution in [3.05, 3.63) is 32.8 Å². The molecule has 1 aromatic rings. The molecule has 1 aromatic carbocycles. The van der Waals surface area contributed by atoms with Crippen molar-refractivity contribution in [3.63, 3.8) is 0 Å². The summed E-state index contributed by atoms with van der Waals surface area (Å²) < 4.78 is 0. The summed E-state index contributed by atoms with van der Waals surface area (Å²) in [5.74, 6) is -0.349. The van der Waals surface area contributed by atoms with E-state index in [9.17, 15) is 14.9 Å². The lowest BCUT2D eigenvalue weighted by molar-refractivity contribution is -0.384. The van der Waals surface area contributed by atoms with Crippen LogP contribution in [0.25, 0.3) is 0 Å². The molecule has 0 aromatic heterocycles. The van der Waals surface area contributed by atoms with E-state index in [4.69, 9.17) is 17.3 Å². The van der Waals surface area contributed by atoms with Gasteiger partial charge in [0, 0.05) is 17.7 Å². The van der Waals surface area contributed by atoms with Crippen LogP contribution < -0.4 is 5.73 Å². The number of carbonyl (C=O) groups is 1. The van der Waals surface area contributed by atoms with E-state index in [1.165, 1.54) is 0 Å². The van der Waals surface area contributed by atoms with E-state index >= 15 is 0 Å². The minimum Gasteiger partial charge on any atom is -0.397 e. The molecule has 0 aliphatic heterocycles. The molecule has 1 rings (SSSR count). The molecule has 0 spiro atoms. The third-order valence-electron chi connectivity index (χ3n) is 1.75. The highest BCUT2D eigenvalue weighted by molar-refractivity contribution is 9.09. The van der Waals surface area contributed by atoms with Gasteiger partial charge in [-0.2, -0.15) is 0 Å². The number of non-ortho nitro benzene ring substituents is 1. The number of nitrogens with two attached hydrogens (primary N) is 1. The zero-order valence-electron chi connectivity index (χ0n) is 7.37. The van der Waals surface area contributed by atoms with E-state index in [2.05, 4.69) is 15.9 Å². The quantitative estimate of drug-likeness (QED) is 0.305. The summed E-state index contributed by atoms with van der Waals surface area (Å²) >= 11 is 8.62. The second-order valence-electron chi connectivity index (χ2n) is 2.70. The van der Waals surface area contributed by atoms with Crippen molar-refractivity contribution >= 4 is 44.7 Å². The molecule has 0 radical (unpaired) electrons. The number of hydrogen-bond acceptors (Lipinski definition) is 4. The molecule has 0 bridgehead atoms. The molecular weight excluding hydrogens is 287 g/mol. The molecule has 80 valence electrons. The third-order valence-corrected chi connectivity index (χ3v) is 2.57. The van der Waals surface area contributed by atoms with E-state index in [0.717, 1.165) is 12.1 Å². The fourth-order valence-electron chi connectivity index (χ4n) is 1.01. The number of alkyl halides is 1. The second kappa shape index (κ2) is 4.59. The Kier molecular flexibility index (Phi) is 3.65. The topological polar surface area (TPSA) is 86.2 Å². The van der Waals surface area contributed by atoms with E-state index < -0.39 is 4.92 Å². The van der Waals surface area contributed by atoms with Crippen molar-refractivity contribution in [2.24, 2.45) is 0 Å². The Morgan fingerprint density at radius 1 is 1.60 bits per heavy atom. The molecule has 7 heteroatoms. The normalized spacial score (nSPS) is 10.0. The number of nitrogens with zero attached hydrogens (tertiary/aromatic N) is 1. The Bertz CT molecular complexity index is 436. The highest BCUT2D eigenvalue weighted by Crippen LogP contribution is 2.29. The molecule has 0 saturated carbocycles. The van der Waals surface area contributed by atoms with Gasteiger partial charge in [-0.05, 0) is 0 Å². The molecule has 0 fully saturated rings. The maximum absolute atomic E-state index is 11.4. The lowest BCUT2D eigenvalue weighted by Crippen LogP contribution is -2.06. The van der Waals surface area contributed by atoms with Gasteiger partial charge >= 0.3 is 0 Å². The molecular formula is C8H6BrClN2O3. The average molecular weight is 294 g/mol. The lowest BCUT2D eigenvalue weighted by Gasteiger charge is -2.04. The minimum atomic E-state index is -0.629. The molecule has 5 nitrogen and oxygen atoms in total. The summed E-state index contributed by atoms with van der Waals surface area (Å²) in [6, 6.07) is 2.23. The van der Waals surface area contributed by atoms with Crippen molar-refractivity contribution < 1.29 is 9.72 Å². The number of benzene rings is 1. The summed E-state index contributed by atoms with van der Waals surface area (Å²) in [6.45, 7) is 0. The van der Waals surface area contributed by atoms with Crippen molar-refractivity contribution in [2.75, 3.05) is 11.1 Å². The predicted molar refractivity (Wildman–Crippen MR) is 60.6 cm³/mol. The summed E-state index contributed by atoms with van der Waals surface area (Å²) in [5.41, 5.74) is 5.40. The van der Waals surface area contributed by atoms with Gasteiger partial charge in [0.2, 0.25) is 0 Å². The van der Waals surface area contributed by atoms with Crippen LogP contribution in [0, 0.1) is 10.1 Å². The summed E-state index contributed by atoms with van der Waals surface area (Å²) in [4.78, 5) is 21.2. The SMILES string of the molecule is Nc1c(Cl)cc([N+](=O)[O-])cc1C(=O)CBr. The number of anilines is 1. The molecule has 0 aliphatic carbocycles. The van der Waals surface area contributed by atoms with Crippen molar-refractivity contribution in [1.82, 2.24) is 0 Å². The Balaban J connectivity index is 3.37. The zero-order chi connectivity index (χ0) is 11.6. The number of Topliss-reactive ketones (excluding diaryl/α,β-unsaturated/α-hetero) is 1. The molecule has 0 unspecified atom stereocenters. The van der Waals surface area contributed by atoms with Gasteiger partial charge < -0.3 is 5.73 Å². The van der Waals surface area contributed by atoms with Crippen LogP contribution in [0.5, 0.6) is 0 Å². The van der Waals surface area contributed by atoms with Crippen LogP contribution in [0.4, 0.5) is 11.4 Å². The number of nitro groups is 1. The van der Waals surface area contributed by atoms with Gasteiger partial charge in [-0.15, -0.1) is 0 Å². The van der Waals surface area contributed by atoms with Gasteiger partial charge in [0.05, 0.1) is 21.0 Å². The van der Waals surface area contributed by atoms with E-state index in [1.807, 2.05) is 0 Å². The molecule has 15 heavy (non-hydrogen) atoms. The number of carbonyl (C=O) groups excluding carboxylic acids is 1. The van der Waals surface area contributed by atoms with Crippen LogP contribution >= 0.6 is 27.5 Å². The van der Waals surface area contributed by atoms with Crippen molar-refractivity contribution in [2.45, 2.75) is 0 Å².